The lowest BCUT2D eigenvalue weighted by Gasteiger charge is -2.37. The monoisotopic (exact) mass is 520 g/mol. The van der Waals surface area contributed by atoms with Gasteiger partial charge in [-0.2, -0.15) is 9.57 Å². The maximum absolute atomic E-state index is 13.7. The first kappa shape index (κ1) is 26.8. The summed E-state index contributed by atoms with van der Waals surface area (Å²) in [6.45, 7) is 4.78. The third kappa shape index (κ3) is 6.00. The fourth-order valence-corrected chi connectivity index (χ4v) is 6.36. The molecule has 4 rings (SSSR count). The van der Waals surface area contributed by atoms with E-state index in [4.69, 9.17) is 4.74 Å². The number of aliphatic hydroxyl groups excluding tert-OH is 1. The third-order valence-corrected chi connectivity index (χ3v) is 8.66. The summed E-state index contributed by atoms with van der Waals surface area (Å²) in [5.41, 5.74) is 2.99. The molecule has 1 aromatic heterocycles. The Kier molecular flexibility index (Phi) is 8.25. The predicted molar refractivity (Wildman–Crippen MR) is 141 cm³/mol. The van der Waals surface area contributed by atoms with Crippen LogP contribution in [0.3, 0.4) is 0 Å². The zero-order valence-corrected chi connectivity index (χ0v) is 22.1. The highest BCUT2D eigenvalue weighted by molar-refractivity contribution is 7.89. The smallest absolute Gasteiger partial charge is 0.247 e. The number of benzene rings is 2. The van der Waals surface area contributed by atoms with Crippen LogP contribution in [0.4, 0.5) is 0 Å². The molecule has 0 aliphatic carbocycles. The molecule has 8 nitrogen and oxygen atoms in total. The summed E-state index contributed by atoms with van der Waals surface area (Å²) in [6.07, 6.45) is 1.44. The second kappa shape index (κ2) is 11.4. The van der Waals surface area contributed by atoms with Crippen molar-refractivity contribution >= 4 is 10.0 Å². The van der Waals surface area contributed by atoms with E-state index in [2.05, 4.69) is 16.0 Å². The molecule has 37 heavy (non-hydrogen) atoms. The highest BCUT2D eigenvalue weighted by atomic mass is 32.2. The number of hydrogen-bond acceptors (Lipinski definition) is 7. The van der Waals surface area contributed by atoms with Crippen molar-refractivity contribution in [3.8, 4) is 22.9 Å². The van der Waals surface area contributed by atoms with Gasteiger partial charge in [0.1, 0.15) is 16.7 Å². The van der Waals surface area contributed by atoms with E-state index in [1.165, 1.54) is 4.31 Å². The number of likely N-dealkylation sites (N-methyl/N-ethyl adjacent to an activating group) is 1. The molecule has 2 aromatic carbocycles. The molecule has 194 valence electrons. The molecule has 0 fully saturated rings. The second-order valence-electron chi connectivity index (χ2n) is 9.61. The molecule has 0 radical (unpaired) electrons. The molecule has 0 unspecified atom stereocenters. The maximum atomic E-state index is 13.7. The summed E-state index contributed by atoms with van der Waals surface area (Å²) in [7, 11) is -1.94. The van der Waals surface area contributed by atoms with Crippen molar-refractivity contribution in [2.24, 2.45) is 5.92 Å². The maximum Gasteiger partial charge on any atom is 0.247 e. The van der Waals surface area contributed by atoms with Crippen LogP contribution in [0.25, 0.3) is 11.1 Å². The van der Waals surface area contributed by atoms with Gasteiger partial charge in [-0.15, -0.1) is 0 Å². The number of nitriles is 1. The average molecular weight is 521 g/mol. The molecule has 9 heteroatoms. The van der Waals surface area contributed by atoms with Crippen molar-refractivity contribution in [2.45, 2.75) is 37.4 Å². The van der Waals surface area contributed by atoms with Gasteiger partial charge >= 0.3 is 0 Å². The van der Waals surface area contributed by atoms with Crippen LogP contribution >= 0.6 is 0 Å². The number of sulfonamides is 1. The Morgan fingerprint density at radius 3 is 2.68 bits per heavy atom. The lowest BCUT2D eigenvalue weighted by atomic mass is 10.0. The molecule has 1 N–H and O–H groups in total. The summed E-state index contributed by atoms with van der Waals surface area (Å²) in [6, 6.07) is 19.5. The first-order valence-electron chi connectivity index (χ1n) is 12.3. The molecule has 0 spiro atoms. The minimum absolute atomic E-state index is 0.0669. The van der Waals surface area contributed by atoms with Crippen molar-refractivity contribution in [1.29, 1.82) is 5.26 Å². The molecule has 1 aliphatic heterocycles. The van der Waals surface area contributed by atoms with Crippen molar-refractivity contribution in [2.75, 3.05) is 26.7 Å². The number of rotatable bonds is 7. The van der Waals surface area contributed by atoms with E-state index in [9.17, 15) is 18.8 Å². The molecule has 1 aliphatic rings. The van der Waals surface area contributed by atoms with Gasteiger partial charge in [-0.1, -0.05) is 31.2 Å². The van der Waals surface area contributed by atoms with Gasteiger partial charge in [0.05, 0.1) is 23.9 Å². The Bertz CT molecular complexity index is 1370. The third-order valence-electron chi connectivity index (χ3n) is 6.64. The number of aromatic nitrogens is 1. The number of aliphatic hydroxyl groups is 1. The molecule has 0 amide bonds. The SMILES string of the molecule is C[C@H]1CN([C@@H](C)CO)S(=O)(=O)c2ccc(-c3cccc(C#N)c3)cc2O[C@@H]1CN(C)Cc1ccccn1. The summed E-state index contributed by atoms with van der Waals surface area (Å²) in [4.78, 5) is 6.58. The van der Waals surface area contributed by atoms with Crippen LogP contribution in [0.1, 0.15) is 25.1 Å². The Balaban J connectivity index is 1.74. The van der Waals surface area contributed by atoms with Crippen molar-refractivity contribution in [3.05, 3.63) is 78.1 Å². The van der Waals surface area contributed by atoms with E-state index in [0.717, 1.165) is 16.8 Å². The lowest BCUT2D eigenvalue weighted by Crippen LogP contribution is -2.49. The zero-order valence-electron chi connectivity index (χ0n) is 21.3. The first-order chi connectivity index (χ1) is 17.7. The van der Waals surface area contributed by atoms with E-state index in [1.54, 1.807) is 49.5 Å². The van der Waals surface area contributed by atoms with Gasteiger partial charge in [-0.25, -0.2) is 8.42 Å². The topological polar surface area (TPSA) is 107 Å². The Morgan fingerprint density at radius 2 is 1.97 bits per heavy atom. The van der Waals surface area contributed by atoms with Crippen LogP contribution < -0.4 is 4.74 Å². The standard InChI is InChI=1S/C28H32N4O4S/c1-20-16-32(21(2)19-33)37(34,35)28-11-10-24(23-8-6-7-22(13-23)15-29)14-26(28)36-27(20)18-31(3)17-25-9-4-5-12-30-25/h4-14,20-21,27,33H,16-19H2,1-3H3/t20-,21-,27+/m0/s1. The number of pyridine rings is 1. The van der Waals surface area contributed by atoms with Gasteiger partial charge in [-0.05, 0) is 61.5 Å². The van der Waals surface area contributed by atoms with Crippen molar-refractivity contribution in [1.82, 2.24) is 14.2 Å². The fourth-order valence-electron chi connectivity index (χ4n) is 4.53. The summed E-state index contributed by atoms with van der Waals surface area (Å²) in [5, 5.41) is 19.2. The van der Waals surface area contributed by atoms with Crippen molar-refractivity contribution in [3.63, 3.8) is 0 Å². The normalized spacial score (nSPS) is 20.2. The molecule has 3 atom stereocenters. The number of hydrogen-bond donors (Lipinski definition) is 1. The highest BCUT2D eigenvalue weighted by Crippen LogP contribution is 2.36. The molecule has 0 bridgehead atoms. The largest absolute Gasteiger partial charge is 0.487 e. The Labute approximate surface area is 218 Å². The molecular formula is C28H32N4O4S. The van der Waals surface area contributed by atoms with Gasteiger partial charge < -0.3 is 9.84 Å². The minimum atomic E-state index is -3.93. The van der Waals surface area contributed by atoms with Crippen LogP contribution in [0.15, 0.2) is 71.8 Å². The summed E-state index contributed by atoms with van der Waals surface area (Å²) in [5.74, 6) is 0.103. The van der Waals surface area contributed by atoms with E-state index in [-0.39, 0.29) is 35.8 Å². The van der Waals surface area contributed by atoms with Crippen LogP contribution in [-0.2, 0) is 16.6 Å². The molecule has 0 saturated heterocycles. The Hall–Kier alpha value is -3.29. The molecule has 2 heterocycles. The zero-order chi connectivity index (χ0) is 26.6. The lowest BCUT2D eigenvalue weighted by molar-refractivity contribution is 0.0731. The fraction of sp³-hybridized carbons (Fsp3) is 0.357. The van der Waals surface area contributed by atoms with Crippen LogP contribution in [-0.4, -0.2) is 66.6 Å². The van der Waals surface area contributed by atoms with Crippen LogP contribution in [0, 0.1) is 17.2 Å². The average Bonchev–Trinajstić information content (AvgIpc) is 2.90. The van der Waals surface area contributed by atoms with E-state index in [0.29, 0.717) is 18.7 Å². The van der Waals surface area contributed by atoms with Crippen molar-refractivity contribution < 1.29 is 18.3 Å². The number of nitrogens with zero attached hydrogens (tertiary/aromatic N) is 4. The van der Waals surface area contributed by atoms with Gasteiger partial charge in [0, 0.05) is 37.8 Å². The minimum Gasteiger partial charge on any atom is -0.487 e. The van der Waals surface area contributed by atoms with Gasteiger partial charge in [-0.3, -0.25) is 9.88 Å². The quantitative estimate of drug-likeness (QED) is 0.508. The molecule has 0 saturated carbocycles. The second-order valence-corrected chi connectivity index (χ2v) is 11.5. The number of ether oxygens (including phenoxy) is 1. The molecule has 3 aromatic rings. The highest BCUT2D eigenvalue weighted by Gasteiger charge is 2.38. The van der Waals surface area contributed by atoms with Gasteiger partial charge in [0.15, 0.2) is 0 Å². The van der Waals surface area contributed by atoms with Gasteiger partial charge in [0.2, 0.25) is 10.0 Å². The predicted octanol–water partition coefficient (Wildman–Crippen LogP) is 3.52. The van der Waals surface area contributed by atoms with E-state index >= 15 is 0 Å². The van der Waals surface area contributed by atoms with Crippen LogP contribution in [0.5, 0.6) is 5.75 Å². The van der Waals surface area contributed by atoms with E-state index in [1.807, 2.05) is 38.2 Å². The van der Waals surface area contributed by atoms with E-state index < -0.39 is 16.1 Å². The number of fused-ring (bicyclic) bond motifs is 1. The molecular weight excluding hydrogens is 488 g/mol. The summed E-state index contributed by atoms with van der Waals surface area (Å²) < 4.78 is 35.3. The summed E-state index contributed by atoms with van der Waals surface area (Å²) >= 11 is 0. The van der Waals surface area contributed by atoms with Gasteiger partial charge in [0.25, 0.3) is 0 Å². The van der Waals surface area contributed by atoms with Crippen LogP contribution in [0.2, 0.25) is 0 Å². The first-order valence-corrected chi connectivity index (χ1v) is 13.7. The Morgan fingerprint density at radius 1 is 1.19 bits per heavy atom.